The number of ketones is 1. The van der Waals surface area contributed by atoms with Crippen LogP contribution in [0.15, 0.2) is 74.6 Å². The van der Waals surface area contributed by atoms with Crippen LogP contribution < -0.4 is 11.4 Å². The first-order valence-electron chi connectivity index (χ1n) is 10.5. The summed E-state index contributed by atoms with van der Waals surface area (Å²) in [7, 11) is 0. The molecule has 1 fully saturated rings. The molecule has 1 aromatic heterocycles. The maximum atomic E-state index is 12.6. The van der Waals surface area contributed by atoms with Gasteiger partial charge in [-0.05, 0) is 68.5 Å². The molecule has 3 N–H and O–H groups in total. The maximum Gasteiger partial charge on any atom is 0.326 e. The molecule has 1 aliphatic heterocycles. The van der Waals surface area contributed by atoms with E-state index in [-0.39, 0.29) is 23.4 Å². The number of likely N-dealkylation sites (tertiary alicyclic amines) is 1. The van der Waals surface area contributed by atoms with E-state index in [2.05, 4.69) is 36.8 Å². The van der Waals surface area contributed by atoms with Crippen molar-refractivity contribution in [3.63, 3.8) is 0 Å². The number of benzene rings is 2. The maximum absolute atomic E-state index is 12.6. The Bertz CT molecular complexity index is 1250. The van der Waals surface area contributed by atoms with Gasteiger partial charge in [-0.2, -0.15) is 0 Å². The van der Waals surface area contributed by atoms with E-state index in [1.165, 1.54) is 12.2 Å². The average molecular weight is 574 g/mol. The van der Waals surface area contributed by atoms with Crippen molar-refractivity contribution >= 4 is 49.2 Å². The van der Waals surface area contributed by atoms with E-state index >= 15 is 0 Å². The number of aromatic amines is 1. The van der Waals surface area contributed by atoms with Crippen LogP contribution in [0.3, 0.4) is 0 Å². The molecule has 1 aliphatic rings. The first-order valence-corrected chi connectivity index (χ1v) is 12.0. The second-order valence-corrected chi connectivity index (χ2v) is 9.56. The lowest BCUT2D eigenvalue weighted by molar-refractivity contribution is -0.127. The topological polar surface area (TPSA) is 101 Å². The molecule has 2 heterocycles. The van der Waals surface area contributed by atoms with Gasteiger partial charge in [-0.15, -0.1) is 0 Å². The number of hydrogen-bond acceptors (Lipinski definition) is 4. The number of imidazole rings is 1. The first kappa shape index (κ1) is 23.3. The molecule has 4 rings (SSSR count). The summed E-state index contributed by atoms with van der Waals surface area (Å²) >= 11 is 6.64. The van der Waals surface area contributed by atoms with Crippen LogP contribution in [0.4, 0.5) is 5.69 Å². The Morgan fingerprint density at radius 3 is 2.30 bits per heavy atom. The summed E-state index contributed by atoms with van der Waals surface area (Å²) in [5, 5.41) is 0. The van der Waals surface area contributed by atoms with Gasteiger partial charge in [0.2, 0.25) is 5.91 Å². The number of carbonyl (C=O) groups excluding carboxylic acids is 2. The Kier molecular flexibility index (Phi) is 6.99. The van der Waals surface area contributed by atoms with E-state index in [1.54, 1.807) is 21.6 Å². The van der Waals surface area contributed by atoms with E-state index < -0.39 is 0 Å². The molecule has 1 saturated heterocycles. The largest absolute Gasteiger partial charge is 0.397 e. The first-order chi connectivity index (χ1) is 15.8. The van der Waals surface area contributed by atoms with Gasteiger partial charge in [-0.3, -0.25) is 14.2 Å². The molecule has 0 atom stereocenters. The Morgan fingerprint density at radius 2 is 1.67 bits per heavy atom. The van der Waals surface area contributed by atoms with E-state index in [9.17, 15) is 14.4 Å². The number of piperidine rings is 1. The van der Waals surface area contributed by atoms with Crippen LogP contribution in [0.2, 0.25) is 0 Å². The van der Waals surface area contributed by atoms with Crippen molar-refractivity contribution in [3.8, 4) is 11.3 Å². The zero-order valence-electron chi connectivity index (χ0n) is 17.6. The molecule has 7 nitrogen and oxygen atoms in total. The van der Waals surface area contributed by atoms with Crippen LogP contribution >= 0.6 is 31.9 Å². The molecule has 0 spiro atoms. The summed E-state index contributed by atoms with van der Waals surface area (Å²) in [4.78, 5) is 42.1. The number of anilines is 1. The lowest BCUT2D eigenvalue weighted by Gasteiger charge is -2.31. The van der Waals surface area contributed by atoms with Crippen molar-refractivity contribution in [2.45, 2.75) is 18.9 Å². The molecule has 0 unspecified atom stereocenters. The number of nitrogens with two attached hydrogens (primary N) is 1. The molecule has 0 radical (unpaired) electrons. The van der Waals surface area contributed by atoms with Crippen LogP contribution in [0.1, 0.15) is 29.2 Å². The van der Waals surface area contributed by atoms with Gasteiger partial charge in [-0.25, -0.2) is 4.79 Å². The van der Waals surface area contributed by atoms with Gasteiger partial charge >= 0.3 is 5.69 Å². The predicted molar refractivity (Wildman–Crippen MR) is 135 cm³/mol. The van der Waals surface area contributed by atoms with Crippen LogP contribution in [0.25, 0.3) is 11.3 Å². The second-order valence-electron chi connectivity index (χ2n) is 7.85. The number of nitrogens with zero attached hydrogens (tertiary/aromatic N) is 2. The standard InChI is InChI=1S/C24H22Br2N4O3/c25-18-12-16(13-19(26)23(18)27)21(31)6-7-22(32)29-10-8-17(9-11-29)30-14-20(28-24(30)33)15-4-2-1-3-5-15/h1-7,12-14,17H,8-11,27H2,(H,28,33)/b7-6+. The quantitative estimate of drug-likeness (QED) is 0.265. The van der Waals surface area contributed by atoms with E-state index in [0.717, 1.165) is 11.3 Å². The molecule has 0 saturated carbocycles. The fourth-order valence-electron chi connectivity index (χ4n) is 3.88. The number of rotatable bonds is 5. The number of H-pyrrole nitrogens is 1. The van der Waals surface area contributed by atoms with Crippen molar-refractivity contribution < 1.29 is 9.59 Å². The number of nitrogens with one attached hydrogen (secondary N) is 1. The third-order valence-electron chi connectivity index (χ3n) is 5.74. The van der Waals surface area contributed by atoms with Crippen molar-refractivity contribution in [2.75, 3.05) is 18.8 Å². The highest BCUT2D eigenvalue weighted by molar-refractivity contribution is 9.11. The molecule has 9 heteroatoms. The van der Waals surface area contributed by atoms with Crippen LogP contribution in [0.5, 0.6) is 0 Å². The van der Waals surface area contributed by atoms with Gasteiger partial charge in [-0.1, -0.05) is 30.3 Å². The number of aromatic nitrogens is 2. The zero-order valence-corrected chi connectivity index (χ0v) is 20.8. The van der Waals surface area contributed by atoms with Crippen molar-refractivity contribution in [3.05, 3.63) is 85.8 Å². The molecular formula is C24H22Br2N4O3. The summed E-state index contributed by atoms with van der Waals surface area (Å²) in [5.74, 6) is -0.506. The van der Waals surface area contributed by atoms with Crippen LogP contribution in [-0.4, -0.2) is 39.2 Å². The number of nitrogen functional groups attached to an aromatic ring is 1. The minimum atomic E-state index is -0.285. The SMILES string of the molecule is Nc1c(Br)cc(C(=O)/C=C/C(=O)N2CCC(n3cc(-c4ccccc4)[nH]c3=O)CC2)cc1Br. The smallest absolute Gasteiger partial charge is 0.326 e. The van der Waals surface area contributed by atoms with E-state index in [1.807, 2.05) is 36.5 Å². The summed E-state index contributed by atoms with van der Waals surface area (Å²) in [6.45, 7) is 1.03. The number of amides is 1. The highest BCUT2D eigenvalue weighted by atomic mass is 79.9. The van der Waals surface area contributed by atoms with E-state index in [4.69, 9.17) is 5.73 Å². The Labute approximate surface area is 207 Å². The van der Waals surface area contributed by atoms with Crippen LogP contribution in [-0.2, 0) is 4.79 Å². The fraction of sp³-hybridized carbons (Fsp3) is 0.208. The second kappa shape index (κ2) is 9.93. The molecule has 2 aromatic carbocycles. The molecule has 170 valence electrons. The van der Waals surface area contributed by atoms with Gasteiger partial charge in [0, 0.05) is 45.9 Å². The highest BCUT2D eigenvalue weighted by Gasteiger charge is 2.24. The molecule has 1 amide bonds. The van der Waals surface area contributed by atoms with Crippen molar-refractivity contribution in [2.24, 2.45) is 0 Å². The van der Waals surface area contributed by atoms with Gasteiger partial charge in [0.25, 0.3) is 0 Å². The minimum absolute atomic E-state index is 0.0188. The summed E-state index contributed by atoms with van der Waals surface area (Å²) in [5.41, 5.74) is 8.37. The molecule has 33 heavy (non-hydrogen) atoms. The Hall–Kier alpha value is -2.91. The number of halogens is 2. The molecular weight excluding hydrogens is 552 g/mol. The van der Waals surface area contributed by atoms with Crippen molar-refractivity contribution in [1.82, 2.24) is 14.5 Å². The Balaban J connectivity index is 1.37. The summed E-state index contributed by atoms with van der Waals surface area (Å²) < 4.78 is 2.94. The molecule has 0 bridgehead atoms. The minimum Gasteiger partial charge on any atom is -0.397 e. The van der Waals surface area contributed by atoms with Gasteiger partial charge < -0.3 is 15.6 Å². The van der Waals surface area contributed by atoms with Crippen molar-refractivity contribution in [1.29, 1.82) is 0 Å². The highest BCUT2D eigenvalue weighted by Crippen LogP contribution is 2.30. The number of carbonyl (C=O) groups is 2. The zero-order chi connectivity index (χ0) is 23.5. The summed E-state index contributed by atoms with van der Waals surface area (Å²) in [6, 6.07) is 13.0. The number of allylic oxidation sites excluding steroid dienone is 1. The molecule has 3 aromatic rings. The van der Waals surface area contributed by atoms with Gasteiger partial charge in [0.05, 0.1) is 11.4 Å². The predicted octanol–water partition coefficient (Wildman–Crippen LogP) is 4.55. The summed E-state index contributed by atoms with van der Waals surface area (Å²) in [6.07, 6.45) is 5.76. The lowest BCUT2D eigenvalue weighted by atomic mass is 10.0. The number of hydrogen-bond donors (Lipinski definition) is 2. The van der Waals surface area contributed by atoms with E-state index in [0.29, 0.717) is 46.1 Å². The normalized spacial score (nSPS) is 14.7. The van der Waals surface area contributed by atoms with Gasteiger partial charge in [0.15, 0.2) is 5.78 Å². The van der Waals surface area contributed by atoms with Crippen LogP contribution in [0, 0.1) is 0 Å². The monoisotopic (exact) mass is 572 g/mol. The third kappa shape index (κ3) is 5.20. The third-order valence-corrected chi connectivity index (χ3v) is 7.05. The fourth-order valence-corrected chi connectivity index (χ4v) is 5.07. The Morgan fingerprint density at radius 1 is 1.03 bits per heavy atom. The molecule has 0 aliphatic carbocycles. The lowest BCUT2D eigenvalue weighted by Crippen LogP contribution is -2.39. The van der Waals surface area contributed by atoms with Gasteiger partial charge in [0.1, 0.15) is 0 Å². The average Bonchev–Trinajstić information content (AvgIpc) is 3.22.